The van der Waals surface area contributed by atoms with E-state index in [9.17, 15) is 4.79 Å². The van der Waals surface area contributed by atoms with Crippen LogP contribution in [0.1, 0.15) is 28.0 Å². The molecule has 0 spiro atoms. The molecule has 1 amide bonds. The minimum Gasteiger partial charge on any atom is -0.348 e. The highest BCUT2D eigenvalue weighted by atomic mass is 16.1. The first-order valence-corrected chi connectivity index (χ1v) is 6.60. The number of carbonyl (C=O) groups is 1. The molecular formula is C13H20N6O. The first-order valence-electron chi connectivity index (χ1n) is 6.60. The van der Waals surface area contributed by atoms with Gasteiger partial charge in [-0.2, -0.15) is 10.2 Å². The van der Waals surface area contributed by atoms with E-state index >= 15 is 0 Å². The van der Waals surface area contributed by atoms with Gasteiger partial charge in [-0.05, 0) is 19.9 Å². The van der Waals surface area contributed by atoms with E-state index in [1.165, 1.54) is 0 Å². The van der Waals surface area contributed by atoms with E-state index in [1.54, 1.807) is 17.1 Å². The van der Waals surface area contributed by atoms with Crippen molar-refractivity contribution in [2.24, 2.45) is 12.8 Å². The maximum Gasteiger partial charge on any atom is 0.255 e. The highest BCUT2D eigenvalue weighted by Crippen LogP contribution is 2.08. The molecule has 0 aliphatic carbocycles. The van der Waals surface area contributed by atoms with Crippen molar-refractivity contribution in [2.45, 2.75) is 26.4 Å². The fourth-order valence-corrected chi connectivity index (χ4v) is 1.98. The van der Waals surface area contributed by atoms with E-state index in [1.807, 2.05) is 24.9 Å². The zero-order chi connectivity index (χ0) is 14.5. The smallest absolute Gasteiger partial charge is 0.255 e. The summed E-state index contributed by atoms with van der Waals surface area (Å²) in [5.41, 5.74) is 7.91. The van der Waals surface area contributed by atoms with Gasteiger partial charge in [0.15, 0.2) is 0 Å². The van der Waals surface area contributed by atoms with E-state index in [0.29, 0.717) is 18.7 Å². The number of nitrogens with two attached hydrogens (primary N) is 1. The van der Waals surface area contributed by atoms with Crippen LogP contribution in [-0.2, 0) is 20.1 Å². The van der Waals surface area contributed by atoms with Crippen molar-refractivity contribution in [3.8, 4) is 0 Å². The number of carbonyl (C=O) groups excluding carboxylic acids is 1. The molecule has 2 rings (SSSR count). The summed E-state index contributed by atoms with van der Waals surface area (Å²) >= 11 is 0. The van der Waals surface area contributed by atoms with Crippen LogP contribution < -0.4 is 11.1 Å². The Hall–Kier alpha value is -2.15. The number of hydrogen-bond acceptors (Lipinski definition) is 4. The molecule has 3 N–H and O–H groups in total. The maximum atomic E-state index is 12.1. The molecule has 2 aromatic heterocycles. The van der Waals surface area contributed by atoms with Gasteiger partial charge in [-0.25, -0.2) is 0 Å². The molecule has 0 fully saturated rings. The van der Waals surface area contributed by atoms with Crippen molar-refractivity contribution in [1.29, 1.82) is 0 Å². The van der Waals surface area contributed by atoms with Gasteiger partial charge in [0.25, 0.3) is 5.91 Å². The monoisotopic (exact) mass is 276 g/mol. The van der Waals surface area contributed by atoms with Gasteiger partial charge in [0.05, 0.1) is 18.0 Å². The van der Waals surface area contributed by atoms with Gasteiger partial charge in [0.2, 0.25) is 0 Å². The molecule has 7 heteroatoms. The van der Waals surface area contributed by atoms with Crippen LogP contribution in [0.15, 0.2) is 18.6 Å². The number of amides is 1. The SMILES string of the molecule is Cc1c(C(=O)NCc2cnn(C)c2)cnn1CCCN. The molecule has 0 saturated heterocycles. The topological polar surface area (TPSA) is 90.8 Å². The minimum atomic E-state index is -0.120. The van der Waals surface area contributed by atoms with Gasteiger partial charge in [0, 0.05) is 37.6 Å². The Morgan fingerprint density at radius 1 is 1.40 bits per heavy atom. The van der Waals surface area contributed by atoms with Gasteiger partial charge in [0.1, 0.15) is 0 Å². The predicted octanol–water partition coefficient (Wildman–Crippen LogP) is 0.204. The molecule has 2 aromatic rings. The number of nitrogens with one attached hydrogen (secondary N) is 1. The van der Waals surface area contributed by atoms with Crippen molar-refractivity contribution in [3.05, 3.63) is 35.4 Å². The number of rotatable bonds is 6. The van der Waals surface area contributed by atoms with Crippen LogP contribution in [0, 0.1) is 6.92 Å². The summed E-state index contributed by atoms with van der Waals surface area (Å²) in [5.74, 6) is -0.120. The van der Waals surface area contributed by atoms with E-state index in [0.717, 1.165) is 24.2 Å². The average molecular weight is 276 g/mol. The van der Waals surface area contributed by atoms with E-state index in [-0.39, 0.29) is 5.91 Å². The molecule has 0 bridgehead atoms. The van der Waals surface area contributed by atoms with Crippen LogP contribution >= 0.6 is 0 Å². The lowest BCUT2D eigenvalue weighted by Crippen LogP contribution is -2.23. The molecular weight excluding hydrogens is 256 g/mol. The lowest BCUT2D eigenvalue weighted by Gasteiger charge is -2.05. The molecule has 0 unspecified atom stereocenters. The standard InChI is InChI=1S/C13H20N6O/c1-10-12(8-17-19(10)5-3-4-14)13(20)15-6-11-7-16-18(2)9-11/h7-9H,3-6,14H2,1-2H3,(H,15,20). The lowest BCUT2D eigenvalue weighted by atomic mass is 10.2. The van der Waals surface area contributed by atoms with Gasteiger partial charge in [-0.1, -0.05) is 0 Å². The Morgan fingerprint density at radius 2 is 2.20 bits per heavy atom. The summed E-state index contributed by atoms with van der Waals surface area (Å²) in [6.07, 6.45) is 6.05. The summed E-state index contributed by atoms with van der Waals surface area (Å²) in [6.45, 7) is 3.70. The summed E-state index contributed by atoms with van der Waals surface area (Å²) in [6, 6.07) is 0. The summed E-state index contributed by atoms with van der Waals surface area (Å²) in [4.78, 5) is 12.1. The van der Waals surface area contributed by atoms with Crippen molar-refractivity contribution in [3.63, 3.8) is 0 Å². The summed E-state index contributed by atoms with van der Waals surface area (Å²) < 4.78 is 3.52. The zero-order valence-electron chi connectivity index (χ0n) is 11.8. The molecule has 108 valence electrons. The predicted molar refractivity (Wildman–Crippen MR) is 75.0 cm³/mol. The molecule has 0 saturated carbocycles. The van der Waals surface area contributed by atoms with Gasteiger partial charge in [-0.15, -0.1) is 0 Å². The van der Waals surface area contributed by atoms with Crippen molar-refractivity contribution in [1.82, 2.24) is 24.9 Å². The number of aromatic nitrogens is 4. The maximum absolute atomic E-state index is 12.1. The van der Waals surface area contributed by atoms with Crippen LogP contribution in [-0.4, -0.2) is 32.0 Å². The Labute approximate surface area is 117 Å². The second-order valence-corrected chi connectivity index (χ2v) is 4.71. The number of nitrogens with zero attached hydrogens (tertiary/aromatic N) is 4. The summed E-state index contributed by atoms with van der Waals surface area (Å²) in [5, 5.41) is 11.1. The molecule has 0 atom stereocenters. The highest BCUT2D eigenvalue weighted by Gasteiger charge is 2.13. The second-order valence-electron chi connectivity index (χ2n) is 4.71. The molecule has 0 aromatic carbocycles. The second kappa shape index (κ2) is 6.33. The first-order chi connectivity index (χ1) is 9.61. The van der Waals surface area contributed by atoms with Gasteiger partial charge in [-0.3, -0.25) is 14.2 Å². The molecule has 2 heterocycles. The lowest BCUT2D eigenvalue weighted by molar-refractivity contribution is 0.0950. The summed E-state index contributed by atoms with van der Waals surface area (Å²) in [7, 11) is 1.84. The van der Waals surface area contributed by atoms with Crippen molar-refractivity contribution >= 4 is 5.91 Å². The van der Waals surface area contributed by atoms with E-state index in [4.69, 9.17) is 5.73 Å². The third-order valence-electron chi connectivity index (χ3n) is 3.13. The third kappa shape index (κ3) is 3.24. The van der Waals surface area contributed by atoms with E-state index < -0.39 is 0 Å². The highest BCUT2D eigenvalue weighted by molar-refractivity contribution is 5.94. The first kappa shape index (κ1) is 14.3. The van der Waals surface area contributed by atoms with Crippen LogP contribution in [0.2, 0.25) is 0 Å². The van der Waals surface area contributed by atoms with Gasteiger partial charge >= 0.3 is 0 Å². The van der Waals surface area contributed by atoms with Crippen LogP contribution in [0.25, 0.3) is 0 Å². The quantitative estimate of drug-likeness (QED) is 0.788. The Bertz CT molecular complexity index is 585. The van der Waals surface area contributed by atoms with Crippen LogP contribution in [0.5, 0.6) is 0 Å². The molecule has 0 radical (unpaired) electrons. The average Bonchev–Trinajstić information content (AvgIpc) is 3.00. The Morgan fingerprint density at radius 3 is 2.85 bits per heavy atom. The number of aryl methyl sites for hydroxylation is 2. The van der Waals surface area contributed by atoms with Gasteiger partial charge < -0.3 is 11.1 Å². The molecule has 0 aliphatic rings. The fourth-order valence-electron chi connectivity index (χ4n) is 1.98. The van der Waals surface area contributed by atoms with E-state index in [2.05, 4.69) is 15.5 Å². The van der Waals surface area contributed by atoms with Crippen LogP contribution in [0.3, 0.4) is 0 Å². The van der Waals surface area contributed by atoms with Crippen molar-refractivity contribution < 1.29 is 4.79 Å². The molecule has 0 aliphatic heterocycles. The number of hydrogen-bond donors (Lipinski definition) is 2. The molecule has 7 nitrogen and oxygen atoms in total. The third-order valence-corrected chi connectivity index (χ3v) is 3.13. The van der Waals surface area contributed by atoms with Crippen molar-refractivity contribution in [2.75, 3.05) is 6.54 Å². The Balaban J connectivity index is 1.97. The Kier molecular flexibility index (Phi) is 4.52. The zero-order valence-corrected chi connectivity index (χ0v) is 11.8. The van der Waals surface area contributed by atoms with Crippen LogP contribution in [0.4, 0.5) is 0 Å². The molecule has 20 heavy (non-hydrogen) atoms. The largest absolute Gasteiger partial charge is 0.348 e. The normalized spacial score (nSPS) is 10.8. The minimum absolute atomic E-state index is 0.120. The fraction of sp³-hybridized carbons (Fsp3) is 0.462.